The van der Waals surface area contributed by atoms with Crippen molar-refractivity contribution in [2.75, 3.05) is 24.2 Å². The van der Waals surface area contributed by atoms with Crippen molar-refractivity contribution in [1.82, 2.24) is 5.32 Å². The zero-order valence-corrected chi connectivity index (χ0v) is 12.5. The highest BCUT2D eigenvalue weighted by Gasteiger charge is 2.16. The van der Waals surface area contributed by atoms with Crippen molar-refractivity contribution in [3.63, 3.8) is 0 Å². The lowest BCUT2D eigenvalue weighted by atomic mass is 10.1. The topological polar surface area (TPSA) is 58.4 Å². The van der Waals surface area contributed by atoms with Crippen LogP contribution in [0.5, 0.6) is 0 Å². The lowest BCUT2D eigenvalue weighted by Crippen LogP contribution is -2.34. The Morgan fingerprint density at radius 3 is 2.37 bits per heavy atom. The van der Waals surface area contributed by atoms with Crippen LogP contribution >= 0.6 is 0 Å². The second-order valence-electron chi connectivity index (χ2n) is 5.49. The minimum Gasteiger partial charge on any atom is -0.397 e. The van der Waals surface area contributed by atoms with Crippen molar-refractivity contribution in [3.05, 3.63) is 23.8 Å². The molecule has 1 aromatic carbocycles. The lowest BCUT2D eigenvalue weighted by Gasteiger charge is -2.32. The molecule has 0 saturated carbocycles. The summed E-state index contributed by atoms with van der Waals surface area (Å²) in [5.74, 6) is 0.443. The molecule has 0 heterocycles. The molecule has 0 bridgehead atoms. The summed E-state index contributed by atoms with van der Waals surface area (Å²) in [6.07, 6.45) is 0. The second-order valence-corrected chi connectivity index (χ2v) is 5.49. The number of nitrogen functional groups attached to an aromatic ring is 1. The van der Waals surface area contributed by atoms with Crippen LogP contribution in [-0.2, 0) is 0 Å². The number of rotatable bonds is 5. The highest BCUT2D eigenvalue weighted by molar-refractivity contribution is 5.96. The summed E-state index contributed by atoms with van der Waals surface area (Å²) in [4.78, 5) is 13.8. The van der Waals surface area contributed by atoms with Crippen molar-refractivity contribution in [3.8, 4) is 0 Å². The average Bonchev–Trinajstić information content (AvgIpc) is 2.34. The van der Waals surface area contributed by atoms with Crippen molar-refractivity contribution in [2.45, 2.75) is 33.7 Å². The number of anilines is 2. The third kappa shape index (κ3) is 3.88. The number of benzene rings is 1. The minimum absolute atomic E-state index is 0.113. The summed E-state index contributed by atoms with van der Waals surface area (Å²) < 4.78 is 0. The first kappa shape index (κ1) is 15.3. The molecule has 1 aromatic rings. The fraction of sp³-hybridized carbons (Fsp3) is 0.533. The number of amides is 1. The molecule has 0 aliphatic carbocycles. The molecule has 4 heteroatoms. The van der Waals surface area contributed by atoms with E-state index in [1.807, 2.05) is 12.1 Å². The van der Waals surface area contributed by atoms with E-state index in [-0.39, 0.29) is 5.91 Å². The highest BCUT2D eigenvalue weighted by Crippen LogP contribution is 2.27. The van der Waals surface area contributed by atoms with E-state index in [4.69, 9.17) is 5.73 Å². The molecule has 0 aliphatic rings. The smallest absolute Gasteiger partial charge is 0.251 e. The van der Waals surface area contributed by atoms with E-state index in [0.717, 1.165) is 12.2 Å². The minimum atomic E-state index is -0.113. The van der Waals surface area contributed by atoms with Crippen LogP contribution in [0.1, 0.15) is 38.1 Å². The number of nitrogens with one attached hydrogen (secondary N) is 1. The number of nitrogens with two attached hydrogens (primary N) is 1. The third-order valence-corrected chi connectivity index (χ3v) is 3.01. The molecule has 0 fully saturated rings. The zero-order valence-electron chi connectivity index (χ0n) is 12.5. The standard InChI is InChI=1S/C15H25N3O/c1-10(2)9-18(11(3)4)14-7-6-12(8-13(14)16)15(19)17-5/h6-8,10-11H,9,16H2,1-5H3,(H,17,19). The maximum absolute atomic E-state index is 11.6. The van der Waals surface area contributed by atoms with Gasteiger partial charge in [0.2, 0.25) is 0 Å². The van der Waals surface area contributed by atoms with Crippen LogP contribution in [0, 0.1) is 5.92 Å². The van der Waals surface area contributed by atoms with Gasteiger partial charge in [0.25, 0.3) is 5.91 Å². The Hall–Kier alpha value is -1.71. The molecular formula is C15H25N3O. The van der Waals surface area contributed by atoms with Gasteiger partial charge in [0.1, 0.15) is 0 Å². The van der Waals surface area contributed by atoms with Crippen LogP contribution in [-0.4, -0.2) is 25.5 Å². The number of nitrogens with zero attached hydrogens (tertiary/aromatic N) is 1. The first-order valence-corrected chi connectivity index (χ1v) is 6.75. The van der Waals surface area contributed by atoms with Gasteiger partial charge in [-0.25, -0.2) is 0 Å². The van der Waals surface area contributed by atoms with Gasteiger partial charge >= 0.3 is 0 Å². The molecule has 0 unspecified atom stereocenters. The van der Waals surface area contributed by atoms with Gasteiger partial charge in [-0.1, -0.05) is 13.8 Å². The predicted molar refractivity (Wildman–Crippen MR) is 81.6 cm³/mol. The third-order valence-electron chi connectivity index (χ3n) is 3.01. The number of carbonyl (C=O) groups is 1. The summed E-state index contributed by atoms with van der Waals surface area (Å²) >= 11 is 0. The fourth-order valence-electron chi connectivity index (χ4n) is 2.08. The fourth-order valence-corrected chi connectivity index (χ4v) is 2.08. The molecule has 0 radical (unpaired) electrons. The Balaban J connectivity index is 3.08. The van der Waals surface area contributed by atoms with Gasteiger partial charge in [-0.3, -0.25) is 4.79 Å². The van der Waals surface area contributed by atoms with Crippen LogP contribution in [0.2, 0.25) is 0 Å². The van der Waals surface area contributed by atoms with Crippen molar-refractivity contribution in [2.24, 2.45) is 5.92 Å². The molecule has 1 amide bonds. The van der Waals surface area contributed by atoms with Gasteiger partial charge < -0.3 is 16.0 Å². The largest absolute Gasteiger partial charge is 0.397 e. The van der Waals surface area contributed by atoms with E-state index < -0.39 is 0 Å². The summed E-state index contributed by atoms with van der Waals surface area (Å²) in [5, 5.41) is 2.60. The molecule has 0 aromatic heterocycles. The van der Waals surface area contributed by atoms with Crippen LogP contribution in [0.15, 0.2) is 18.2 Å². The monoisotopic (exact) mass is 263 g/mol. The van der Waals surface area contributed by atoms with Crippen LogP contribution in [0.4, 0.5) is 11.4 Å². The lowest BCUT2D eigenvalue weighted by molar-refractivity contribution is 0.0963. The molecule has 4 nitrogen and oxygen atoms in total. The molecule has 0 saturated heterocycles. The summed E-state index contributed by atoms with van der Waals surface area (Å²) in [6.45, 7) is 9.61. The Labute approximate surface area is 116 Å². The number of hydrogen-bond donors (Lipinski definition) is 2. The van der Waals surface area contributed by atoms with Crippen LogP contribution < -0.4 is 16.0 Å². The van der Waals surface area contributed by atoms with E-state index in [9.17, 15) is 4.79 Å². The average molecular weight is 263 g/mol. The van der Waals surface area contributed by atoms with Gasteiger partial charge in [0.15, 0.2) is 0 Å². The molecule has 3 N–H and O–H groups in total. The molecule has 106 valence electrons. The molecule has 1 rings (SSSR count). The van der Waals surface area contributed by atoms with Crippen molar-refractivity contribution in [1.29, 1.82) is 0 Å². The van der Waals surface area contributed by atoms with Crippen molar-refractivity contribution >= 4 is 17.3 Å². The summed E-state index contributed by atoms with van der Waals surface area (Å²) in [7, 11) is 1.62. The Bertz CT molecular complexity index is 441. The maximum atomic E-state index is 11.6. The van der Waals surface area contributed by atoms with E-state index in [2.05, 4.69) is 37.9 Å². The first-order valence-electron chi connectivity index (χ1n) is 6.75. The normalized spacial score (nSPS) is 10.9. The molecule has 0 spiro atoms. The van der Waals surface area contributed by atoms with Gasteiger partial charge in [-0.2, -0.15) is 0 Å². The quantitative estimate of drug-likeness (QED) is 0.802. The zero-order chi connectivity index (χ0) is 14.6. The molecular weight excluding hydrogens is 238 g/mol. The van der Waals surface area contributed by atoms with E-state index >= 15 is 0 Å². The summed E-state index contributed by atoms with van der Waals surface area (Å²) in [6, 6.07) is 5.86. The summed E-state index contributed by atoms with van der Waals surface area (Å²) in [5.41, 5.74) is 8.35. The maximum Gasteiger partial charge on any atom is 0.251 e. The van der Waals surface area contributed by atoms with Crippen LogP contribution in [0.25, 0.3) is 0 Å². The van der Waals surface area contributed by atoms with Crippen molar-refractivity contribution < 1.29 is 4.79 Å². The SMILES string of the molecule is CNC(=O)c1ccc(N(CC(C)C)C(C)C)c(N)c1. The molecule has 0 aliphatic heterocycles. The van der Waals surface area contributed by atoms with E-state index in [0.29, 0.717) is 23.2 Å². The van der Waals surface area contributed by atoms with E-state index in [1.165, 1.54) is 0 Å². The van der Waals surface area contributed by atoms with Gasteiger partial charge in [-0.05, 0) is 38.0 Å². The van der Waals surface area contributed by atoms with Crippen LogP contribution in [0.3, 0.4) is 0 Å². The number of carbonyl (C=O) groups excluding carboxylic acids is 1. The second kappa shape index (κ2) is 6.45. The Morgan fingerprint density at radius 2 is 1.95 bits per heavy atom. The Morgan fingerprint density at radius 1 is 1.32 bits per heavy atom. The predicted octanol–water partition coefficient (Wildman–Crippen LogP) is 2.50. The highest BCUT2D eigenvalue weighted by atomic mass is 16.1. The first-order chi connectivity index (χ1) is 8.86. The number of hydrogen-bond acceptors (Lipinski definition) is 3. The van der Waals surface area contributed by atoms with E-state index in [1.54, 1.807) is 13.1 Å². The van der Waals surface area contributed by atoms with Gasteiger partial charge in [0, 0.05) is 25.2 Å². The Kier molecular flexibility index (Phi) is 5.21. The van der Waals surface area contributed by atoms with Gasteiger partial charge in [-0.15, -0.1) is 0 Å². The molecule has 0 atom stereocenters. The van der Waals surface area contributed by atoms with Gasteiger partial charge in [0.05, 0.1) is 11.4 Å². The molecule has 19 heavy (non-hydrogen) atoms.